The quantitative estimate of drug-likeness (QED) is 0.660. The molecule has 0 heterocycles. The van der Waals surface area contributed by atoms with Crippen LogP contribution < -0.4 is 0 Å². The van der Waals surface area contributed by atoms with E-state index in [1.807, 2.05) is 0 Å². The number of carboxylic acids is 1. The summed E-state index contributed by atoms with van der Waals surface area (Å²) in [6.45, 7) is 0. The summed E-state index contributed by atoms with van der Waals surface area (Å²) >= 11 is 0. The largest absolute Gasteiger partial charge is 0.480 e. The van der Waals surface area contributed by atoms with Crippen molar-refractivity contribution >= 4 is 5.97 Å². The Morgan fingerprint density at radius 3 is 3.15 bits per heavy atom. The van der Waals surface area contributed by atoms with Crippen LogP contribution >= 0.6 is 0 Å². The van der Waals surface area contributed by atoms with E-state index >= 15 is 0 Å². The smallest absolute Gasteiger partial charge is 0.318 e. The van der Waals surface area contributed by atoms with Crippen LogP contribution in [0.1, 0.15) is 19.3 Å². The van der Waals surface area contributed by atoms with Crippen molar-refractivity contribution in [3.63, 3.8) is 0 Å². The third kappa shape index (κ3) is 0.671. The third-order valence-electron chi connectivity index (χ3n) is 3.30. The van der Waals surface area contributed by atoms with Crippen LogP contribution in [-0.2, 0) is 4.79 Å². The Balaban J connectivity index is 2.13. The summed E-state index contributed by atoms with van der Waals surface area (Å²) in [5.74, 6) is -0.654. The molecule has 0 aromatic rings. The Kier molecular flexibility index (Phi) is 1.07. The number of hydrogen-bond donors (Lipinski definition) is 1. The molecule has 3 rings (SSSR count). The van der Waals surface area contributed by atoms with E-state index in [0.717, 1.165) is 36.0 Å². The summed E-state index contributed by atoms with van der Waals surface area (Å²) in [4.78, 5) is 11.1. The fraction of sp³-hybridized carbons (Fsp3) is 0.364. The molecule has 2 heteroatoms. The second-order valence-corrected chi connectivity index (χ2v) is 3.93. The number of hydrogen-bond acceptors (Lipinski definition) is 1. The molecule has 0 bridgehead atoms. The molecule has 0 aliphatic heterocycles. The van der Waals surface area contributed by atoms with Crippen molar-refractivity contribution in [2.24, 2.45) is 5.41 Å². The van der Waals surface area contributed by atoms with Crippen LogP contribution in [0.5, 0.6) is 0 Å². The number of carbonyl (C=O) groups is 1. The molecule has 0 amide bonds. The van der Waals surface area contributed by atoms with Gasteiger partial charge in [0.2, 0.25) is 0 Å². The van der Waals surface area contributed by atoms with Crippen molar-refractivity contribution in [3.8, 4) is 0 Å². The van der Waals surface area contributed by atoms with E-state index in [1.165, 1.54) is 0 Å². The van der Waals surface area contributed by atoms with E-state index in [4.69, 9.17) is 5.11 Å². The average Bonchev–Trinajstić information content (AvgIpc) is 2.75. The van der Waals surface area contributed by atoms with Crippen LogP contribution in [0.15, 0.2) is 34.9 Å². The molecule has 1 saturated carbocycles. The van der Waals surface area contributed by atoms with Gasteiger partial charge < -0.3 is 5.11 Å². The summed E-state index contributed by atoms with van der Waals surface area (Å²) in [6, 6.07) is 0. The van der Waals surface area contributed by atoms with Crippen LogP contribution in [-0.4, -0.2) is 11.1 Å². The summed E-state index contributed by atoms with van der Waals surface area (Å²) in [5.41, 5.74) is 2.88. The molecule has 0 aromatic carbocycles. The van der Waals surface area contributed by atoms with Gasteiger partial charge in [-0.1, -0.05) is 18.2 Å². The zero-order chi connectivity index (χ0) is 9.05. The van der Waals surface area contributed by atoms with E-state index in [-0.39, 0.29) is 0 Å². The van der Waals surface area contributed by atoms with Gasteiger partial charge in [-0.25, -0.2) is 0 Å². The second-order valence-electron chi connectivity index (χ2n) is 3.93. The monoisotopic (exact) mass is 174 g/mol. The summed E-state index contributed by atoms with van der Waals surface area (Å²) in [5, 5.41) is 9.15. The molecule has 3 aliphatic carbocycles. The molecule has 1 fully saturated rings. The van der Waals surface area contributed by atoms with Gasteiger partial charge in [-0.05, 0) is 36.0 Å². The van der Waals surface area contributed by atoms with Gasteiger partial charge in [-0.2, -0.15) is 0 Å². The van der Waals surface area contributed by atoms with E-state index in [1.54, 1.807) is 0 Å². The van der Waals surface area contributed by atoms with Gasteiger partial charge in [-0.3, -0.25) is 4.79 Å². The molecule has 1 atom stereocenters. The lowest BCUT2D eigenvalue weighted by Gasteiger charge is -2.16. The van der Waals surface area contributed by atoms with E-state index in [9.17, 15) is 4.79 Å². The standard InChI is InChI=1S/C11H10O2/c12-10(13)11-6-8(11)5-7-3-1-2-4-9(7)11/h1,3,5H,2,4,6H2,(H,12,13). The maximum atomic E-state index is 11.1. The first-order valence-corrected chi connectivity index (χ1v) is 4.60. The minimum Gasteiger partial charge on any atom is -0.480 e. The number of aliphatic carboxylic acids is 1. The normalized spacial score (nSPS) is 34.0. The SMILES string of the molecule is O=C(O)C12CC1=CC1=C2CCC=C1. The molecule has 66 valence electrons. The molecule has 0 saturated heterocycles. The molecule has 13 heavy (non-hydrogen) atoms. The first kappa shape index (κ1) is 7.13. The number of fused-ring (bicyclic) bond motifs is 2. The minimum absolute atomic E-state index is 0.542. The summed E-state index contributed by atoms with van der Waals surface area (Å²) in [7, 11) is 0. The first-order valence-electron chi connectivity index (χ1n) is 4.60. The van der Waals surface area contributed by atoms with Crippen LogP contribution in [0.25, 0.3) is 0 Å². The van der Waals surface area contributed by atoms with Gasteiger partial charge in [-0.15, -0.1) is 0 Å². The lowest BCUT2D eigenvalue weighted by molar-refractivity contribution is -0.141. The minimum atomic E-state index is -0.654. The van der Waals surface area contributed by atoms with Gasteiger partial charge in [0, 0.05) is 0 Å². The predicted molar refractivity (Wildman–Crippen MR) is 48.2 cm³/mol. The lowest BCUT2D eigenvalue weighted by atomic mass is 9.88. The fourth-order valence-electron chi connectivity index (χ4n) is 2.52. The van der Waals surface area contributed by atoms with E-state index in [2.05, 4.69) is 18.2 Å². The lowest BCUT2D eigenvalue weighted by Crippen LogP contribution is -2.18. The van der Waals surface area contributed by atoms with Crippen LogP contribution in [0.3, 0.4) is 0 Å². The van der Waals surface area contributed by atoms with Gasteiger partial charge >= 0.3 is 5.97 Å². The van der Waals surface area contributed by atoms with Crippen molar-refractivity contribution in [3.05, 3.63) is 34.9 Å². The van der Waals surface area contributed by atoms with Crippen molar-refractivity contribution in [1.82, 2.24) is 0 Å². The topological polar surface area (TPSA) is 37.3 Å². The Morgan fingerprint density at radius 1 is 1.54 bits per heavy atom. The van der Waals surface area contributed by atoms with E-state index < -0.39 is 11.4 Å². The van der Waals surface area contributed by atoms with Gasteiger partial charge in [0.05, 0.1) is 0 Å². The van der Waals surface area contributed by atoms with Crippen LogP contribution in [0.4, 0.5) is 0 Å². The highest BCUT2D eigenvalue weighted by Crippen LogP contribution is 2.64. The van der Waals surface area contributed by atoms with E-state index in [0.29, 0.717) is 0 Å². The predicted octanol–water partition coefficient (Wildman–Crippen LogP) is 2.05. The van der Waals surface area contributed by atoms with Gasteiger partial charge in [0.1, 0.15) is 5.41 Å². The average molecular weight is 174 g/mol. The molecular weight excluding hydrogens is 164 g/mol. The molecule has 0 spiro atoms. The number of rotatable bonds is 1. The molecule has 0 aromatic heterocycles. The summed E-state index contributed by atoms with van der Waals surface area (Å²) in [6.07, 6.45) is 8.92. The van der Waals surface area contributed by atoms with Crippen LogP contribution in [0, 0.1) is 5.41 Å². The second kappa shape index (κ2) is 1.95. The first-order chi connectivity index (χ1) is 6.25. The zero-order valence-corrected chi connectivity index (χ0v) is 7.21. The maximum absolute atomic E-state index is 11.1. The Morgan fingerprint density at radius 2 is 2.38 bits per heavy atom. The van der Waals surface area contributed by atoms with Crippen LogP contribution in [0.2, 0.25) is 0 Å². The Hall–Kier alpha value is -1.31. The molecule has 2 nitrogen and oxygen atoms in total. The molecular formula is C11H10O2. The number of carboxylic acid groups (broad SMARTS) is 1. The highest BCUT2D eigenvalue weighted by Gasteiger charge is 2.61. The van der Waals surface area contributed by atoms with Crippen molar-refractivity contribution in [2.45, 2.75) is 19.3 Å². The maximum Gasteiger partial charge on any atom is 0.318 e. The molecule has 1 unspecified atom stereocenters. The zero-order valence-electron chi connectivity index (χ0n) is 7.21. The molecule has 0 radical (unpaired) electrons. The van der Waals surface area contributed by atoms with Crippen molar-refractivity contribution in [1.29, 1.82) is 0 Å². The van der Waals surface area contributed by atoms with Gasteiger partial charge in [0.15, 0.2) is 0 Å². The Bertz CT molecular complexity index is 398. The third-order valence-corrected chi connectivity index (χ3v) is 3.30. The highest BCUT2D eigenvalue weighted by atomic mass is 16.4. The highest BCUT2D eigenvalue weighted by molar-refractivity contribution is 5.92. The fourth-order valence-corrected chi connectivity index (χ4v) is 2.52. The Labute approximate surface area is 76.3 Å². The van der Waals surface area contributed by atoms with Crippen molar-refractivity contribution < 1.29 is 9.90 Å². The van der Waals surface area contributed by atoms with Gasteiger partial charge in [0.25, 0.3) is 0 Å². The summed E-state index contributed by atoms with van der Waals surface area (Å²) < 4.78 is 0. The molecule has 3 aliphatic rings. The number of allylic oxidation sites excluding steroid dienone is 4. The van der Waals surface area contributed by atoms with Crippen molar-refractivity contribution in [2.75, 3.05) is 0 Å². The molecule has 1 N–H and O–H groups in total.